The molecule has 0 saturated carbocycles. The Balaban J connectivity index is 1.86. The summed E-state index contributed by atoms with van der Waals surface area (Å²) in [5.41, 5.74) is 8.31. The second-order valence-corrected chi connectivity index (χ2v) is 6.92. The lowest BCUT2D eigenvalue weighted by molar-refractivity contribution is 0.246. The first kappa shape index (κ1) is 17.4. The van der Waals surface area contributed by atoms with Crippen molar-refractivity contribution >= 4 is 0 Å². The maximum atomic E-state index is 2.55. The molecular weight excluding hydrogens is 302 g/mol. The van der Waals surface area contributed by atoms with E-state index in [1.807, 2.05) is 0 Å². The minimum atomic E-state index is 0.968. The normalized spacial score (nSPS) is 11.0. The Labute approximate surface area is 151 Å². The minimum Gasteiger partial charge on any atom is -0.291 e. The van der Waals surface area contributed by atoms with Gasteiger partial charge in [-0.2, -0.15) is 0 Å². The summed E-state index contributed by atoms with van der Waals surface area (Å²) in [6.45, 7) is 9.51. The topological polar surface area (TPSA) is 3.24 Å². The van der Waals surface area contributed by atoms with Crippen LogP contribution < -0.4 is 0 Å². The summed E-state index contributed by atoms with van der Waals surface area (Å²) in [5.74, 6) is 0. The molecule has 0 radical (unpaired) electrons. The van der Waals surface area contributed by atoms with E-state index in [2.05, 4.69) is 98.5 Å². The highest BCUT2D eigenvalue weighted by atomic mass is 15.1. The SMILES string of the molecule is Cc1ccccc1CN(Cc1ccccc1C)Cc1ccccc1C. The third-order valence-corrected chi connectivity index (χ3v) is 4.97. The van der Waals surface area contributed by atoms with Crippen LogP contribution in [-0.2, 0) is 19.6 Å². The zero-order valence-electron chi connectivity index (χ0n) is 15.5. The standard InChI is InChI=1S/C24H27N/c1-19-10-4-7-13-22(19)16-25(17-23-14-8-5-11-20(23)2)18-24-15-9-6-12-21(24)3/h4-15H,16-18H2,1-3H3. The van der Waals surface area contributed by atoms with Gasteiger partial charge >= 0.3 is 0 Å². The van der Waals surface area contributed by atoms with Crippen LogP contribution in [0.2, 0.25) is 0 Å². The molecule has 0 saturated heterocycles. The van der Waals surface area contributed by atoms with Crippen molar-refractivity contribution in [2.24, 2.45) is 0 Å². The highest BCUT2D eigenvalue weighted by Gasteiger charge is 2.12. The largest absolute Gasteiger partial charge is 0.291 e. The van der Waals surface area contributed by atoms with Gasteiger partial charge in [0, 0.05) is 19.6 Å². The van der Waals surface area contributed by atoms with Gasteiger partial charge in [-0.3, -0.25) is 4.90 Å². The lowest BCUT2D eigenvalue weighted by Gasteiger charge is -2.25. The summed E-state index contributed by atoms with van der Waals surface area (Å²) in [6.07, 6.45) is 0. The summed E-state index contributed by atoms with van der Waals surface area (Å²) >= 11 is 0. The van der Waals surface area contributed by atoms with E-state index >= 15 is 0 Å². The van der Waals surface area contributed by atoms with E-state index in [0.717, 1.165) is 19.6 Å². The number of aryl methyl sites for hydroxylation is 3. The van der Waals surface area contributed by atoms with E-state index in [4.69, 9.17) is 0 Å². The lowest BCUT2D eigenvalue weighted by atomic mass is 10.0. The first-order valence-electron chi connectivity index (χ1n) is 8.99. The summed E-state index contributed by atoms with van der Waals surface area (Å²) in [4.78, 5) is 2.55. The van der Waals surface area contributed by atoms with Gasteiger partial charge in [0.15, 0.2) is 0 Å². The highest BCUT2D eigenvalue weighted by Crippen LogP contribution is 2.19. The van der Waals surface area contributed by atoms with Crippen molar-refractivity contribution in [3.05, 3.63) is 106 Å². The van der Waals surface area contributed by atoms with Crippen LogP contribution in [0.1, 0.15) is 33.4 Å². The Morgan fingerprint density at radius 1 is 0.480 bits per heavy atom. The number of hydrogen-bond acceptors (Lipinski definition) is 1. The molecule has 0 N–H and O–H groups in total. The van der Waals surface area contributed by atoms with Crippen LogP contribution in [0.3, 0.4) is 0 Å². The molecule has 0 fully saturated rings. The summed E-state index contributed by atoms with van der Waals surface area (Å²) in [6, 6.07) is 26.1. The number of benzene rings is 3. The Hall–Kier alpha value is -2.38. The second kappa shape index (κ2) is 8.13. The fourth-order valence-corrected chi connectivity index (χ4v) is 3.25. The van der Waals surface area contributed by atoms with E-state index in [9.17, 15) is 0 Å². The van der Waals surface area contributed by atoms with Gasteiger partial charge in [0.05, 0.1) is 0 Å². The van der Waals surface area contributed by atoms with Gasteiger partial charge in [0.1, 0.15) is 0 Å². The predicted molar refractivity (Wildman–Crippen MR) is 106 cm³/mol. The first-order valence-corrected chi connectivity index (χ1v) is 8.99. The van der Waals surface area contributed by atoms with E-state index < -0.39 is 0 Å². The lowest BCUT2D eigenvalue weighted by Crippen LogP contribution is -2.23. The fraction of sp³-hybridized carbons (Fsp3) is 0.250. The number of nitrogens with zero attached hydrogens (tertiary/aromatic N) is 1. The van der Waals surface area contributed by atoms with Gasteiger partial charge in [-0.15, -0.1) is 0 Å². The molecule has 0 heterocycles. The van der Waals surface area contributed by atoms with Crippen LogP contribution in [-0.4, -0.2) is 4.90 Å². The molecule has 0 bridgehead atoms. The Morgan fingerprint density at radius 3 is 1.04 bits per heavy atom. The third-order valence-electron chi connectivity index (χ3n) is 4.97. The zero-order valence-corrected chi connectivity index (χ0v) is 15.5. The molecule has 0 aliphatic rings. The van der Waals surface area contributed by atoms with Gasteiger partial charge in [-0.25, -0.2) is 0 Å². The molecule has 3 rings (SSSR count). The van der Waals surface area contributed by atoms with Crippen LogP contribution >= 0.6 is 0 Å². The van der Waals surface area contributed by atoms with Gasteiger partial charge < -0.3 is 0 Å². The predicted octanol–water partition coefficient (Wildman–Crippen LogP) is 5.81. The molecule has 1 nitrogen and oxygen atoms in total. The van der Waals surface area contributed by atoms with Gasteiger partial charge in [0.25, 0.3) is 0 Å². The molecule has 0 aliphatic heterocycles. The van der Waals surface area contributed by atoms with Crippen molar-refractivity contribution in [3.63, 3.8) is 0 Å². The second-order valence-electron chi connectivity index (χ2n) is 6.92. The molecule has 25 heavy (non-hydrogen) atoms. The van der Waals surface area contributed by atoms with Crippen molar-refractivity contribution in [2.45, 2.75) is 40.4 Å². The molecule has 0 aliphatic carbocycles. The fourth-order valence-electron chi connectivity index (χ4n) is 3.25. The monoisotopic (exact) mass is 329 g/mol. The Morgan fingerprint density at radius 2 is 0.760 bits per heavy atom. The molecule has 0 unspecified atom stereocenters. The molecule has 0 atom stereocenters. The first-order chi connectivity index (χ1) is 12.1. The van der Waals surface area contributed by atoms with E-state index in [1.54, 1.807) is 0 Å². The average Bonchev–Trinajstić information content (AvgIpc) is 2.61. The summed E-state index contributed by atoms with van der Waals surface area (Å²) in [7, 11) is 0. The van der Waals surface area contributed by atoms with Crippen molar-refractivity contribution in [1.29, 1.82) is 0 Å². The molecule has 3 aromatic rings. The number of rotatable bonds is 6. The molecule has 3 aromatic carbocycles. The van der Waals surface area contributed by atoms with Gasteiger partial charge in [-0.1, -0.05) is 72.8 Å². The van der Waals surface area contributed by atoms with Crippen LogP contribution in [0, 0.1) is 20.8 Å². The van der Waals surface area contributed by atoms with Crippen molar-refractivity contribution in [1.82, 2.24) is 4.90 Å². The zero-order chi connectivity index (χ0) is 17.6. The van der Waals surface area contributed by atoms with Gasteiger partial charge in [-0.05, 0) is 54.2 Å². The Bertz CT molecular complexity index is 722. The van der Waals surface area contributed by atoms with Crippen molar-refractivity contribution < 1.29 is 0 Å². The quantitative estimate of drug-likeness (QED) is 0.551. The van der Waals surface area contributed by atoms with E-state index in [-0.39, 0.29) is 0 Å². The smallest absolute Gasteiger partial charge is 0.0243 e. The van der Waals surface area contributed by atoms with E-state index in [0.29, 0.717) is 0 Å². The third kappa shape index (κ3) is 4.58. The Kier molecular flexibility index (Phi) is 5.67. The maximum Gasteiger partial charge on any atom is 0.0243 e. The van der Waals surface area contributed by atoms with Crippen molar-refractivity contribution in [2.75, 3.05) is 0 Å². The molecule has 0 aromatic heterocycles. The van der Waals surface area contributed by atoms with Crippen LogP contribution in [0.25, 0.3) is 0 Å². The van der Waals surface area contributed by atoms with Crippen molar-refractivity contribution in [3.8, 4) is 0 Å². The molecular formula is C24H27N. The summed E-state index contributed by atoms with van der Waals surface area (Å²) in [5, 5.41) is 0. The van der Waals surface area contributed by atoms with Crippen LogP contribution in [0.4, 0.5) is 0 Å². The molecule has 128 valence electrons. The maximum absolute atomic E-state index is 2.55. The molecule has 1 heteroatoms. The molecule has 0 spiro atoms. The number of hydrogen-bond donors (Lipinski definition) is 0. The average molecular weight is 329 g/mol. The van der Waals surface area contributed by atoms with Crippen LogP contribution in [0.15, 0.2) is 72.8 Å². The minimum absolute atomic E-state index is 0.968. The highest BCUT2D eigenvalue weighted by molar-refractivity contribution is 5.29. The molecule has 0 amide bonds. The van der Waals surface area contributed by atoms with Crippen LogP contribution in [0.5, 0.6) is 0 Å². The van der Waals surface area contributed by atoms with Gasteiger partial charge in [0.2, 0.25) is 0 Å². The van der Waals surface area contributed by atoms with E-state index in [1.165, 1.54) is 33.4 Å². The summed E-state index contributed by atoms with van der Waals surface area (Å²) < 4.78 is 0.